The number of amides is 2. The molecule has 1 aliphatic rings. The topological polar surface area (TPSA) is 66.5 Å². The molecule has 1 saturated heterocycles. The fourth-order valence-corrected chi connectivity index (χ4v) is 2.45. The molecule has 1 fully saturated rings. The van der Waals surface area contributed by atoms with Crippen LogP contribution in [0.2, 0.25) is 0 Å². The number of carbonyl (C=O) groups is 1. The van der Waals surface area contributed by atoms with Gasteiger partial charge in [-0.3, -0.25) is 9.88 Å². The molecule has 20 heavy (non-hydrogen) atoms. The quantitative estimate of drug-likeness (QED) is 0.823. The lowest BCUT2D eigenvalue weighted by atomic mass is 10.2. The molecule has 110 valence electrons. The van der Waals surface area contributed by atoms with E-state index in [0.29, 0.717) is 18.3 Å². The van der Waals surface area contributed by atoms with Gasteiger partial charge in [-0.05, 0) is 31.5 Å². The van der Waals surface area contributed by atoms with Gasteiger partial charge < -0.3 is 15.4 Å². The number of hydrogen-bond donors (Lipinski definition) is 2. The average Bonchev–Trinajstić information content (AvgIpc) is 2.91. The van der Waals surface area contributed by atoms with Gasteiger partial charge in [-0.25, -0.2) is 4.79 Å². The Labute approximate surface area is 119 Å². The highest BCUT2D eigenvalue weighted by atomic mass is 16.5. The average molecular weight is 278 g/mol. The van der Waals surface area contributed by atoms with E-state index in [1.165, 1.54) is 6.42 Å². The molecular formula is C14H22N4O2. The highest BCUT2D eigenvalue weighted by Crippen LogP contribution is 2.15. The SMILES string of the molecule is COCCN1CCC[C@H]1CNC(=O)Nc1cccnc1. The zero-order chi connectivity index (χ0) is 14.2. The molecule has 2 rings (SSSR count). The Morgan fingerprint density at radius 1 is 1.60 bits per heavy atom. The molecule has 1 aromatic rings. The first-order valence-electron chi connectivity index (χ1n) is 6.97. The van der Waals surface area contributed by atoms with Crippen LogP contribution in [0.25, 0.3) is 0 Å². The molecule has 6 heteroatoms. The number of carbonyl (C=O) groups excluding carboxylic acids is 1. The second-order valence-corrected chi connectivity index (χ2v) is 4.90. The van der Waals surface area contributed by atoms with Crippen LogP contribution in [0.1, 0.15) is 12.8 Å². The van der Waals surface area contributed by atoms with Gasteiger partial charge in [-0.1, -0.05) is 0 Å². The molecule has 1 aliphatic heterocycles. The Hall–Kier alpha value is -1.66. The van der Waals surface area contributed by atoms with Crippen LogP contribution in [0.4, 0.5) is 10.5 Å². The predicted molar refractivity (Wildman–Crippen MR) is 77.7 cm³/mol. The van der Waals surface area contributed by atoms with E-state index < -0.39 is 0 Å². The summed E-state index contributed by atoms with van der Waals surface area (Å²) in [5.41, 5.74) is 0.702. The van der Waals surface area contributed by atoms with Crippen molar-refractivity contribution in [2.75, 3.05) is 38.7 Å². The summed E-state index contributed by atoms with van der Waals surface area (Å²) in [6, 6.07) is 3.83. The van der Waals surface area contributed by atoms with E-state index in [9.17, 15) is 4.79 Å². The minimum atomic E-state index is -0.184. The molecule has 0 saturated carbocycles. The summed E-state index contributed by atoms with van der Waals surface area (Å²) in [7, 11) is 1.71. The summed E-state index contributed by atoms with van der Waals surface area (Å²) in [6.45, 7) is 3.40. The summed E-state index contributed by atoms with van der Waals surface area (Å²) in [5, 5.41) is 5.69. The first kappa shape index (κ1) is 14.7. The summed E-state index contributed by atoms with van der Waals surface area (Å²) in [4.78, 5) is 18.1. The minimum Gasteiger partial charge on any atom is -0.383 e. The molecule has 1 aromatic heterocycles. The first-order chi connectivity index (χ1) is 9.79. The first-order valence-corrected chi connectivity index (χ1v) is 6.97. The third-order valence-electron chi connectivity index (χ3n) is 3.50. The van der Waals surface area contributed by atoms with E-state index >= 15 is 0 Å². The Morgan fingerprint density at radius 3 is 3.25 bits per heavy atom. The van der Waals surface area contributed by atoms with E-state index in [2.05, 4.69) is 20.5 Å². The fourth-order valence-electron chi connectivity index (χ4n) is 2.45. The van der Waals surface area contributed by atoms with Crippen LogP contribution in [-0.2, 0) is 4.74 Å². The van der Waals surface area contributed by atoms with Gasteiger partial charge in [0.1, 0.15) is 0 Å². The largest absolute Gasteiger partial charge is 0.383 e. The second-order valence-electron chi connectivity index (χ2n) is 4.90. The number of likely N-dealkylation sites (tertiary alicyclic amines) is 1. The van der Waals surface area contributed by atoms with Crippen LogP contribution in [-0.4, -0.2) is 55.3 Å². The number of methoxy groups -OCH3 is 1. The molecule has 0 radical (unpaired) electrons. The van der Waals surface area contributed by atoms with E-state index in [1.807, 2.05) is 6.07 Å². The number of urea groups is 1. The Morgan fingerprint density at radius 2 is 2.50 bits per heavy atom. The van der Waals surface area contributed by atoms with E-state index in [1.54, 1.807) is 25.6 Å². The van der Waals surface area contributed by atoms with Gasteiger partial charge in [-0.15, -0.1) is 0 Å². The fraction of sp³-hybridized carbons (Fsp3) is 0.571. The molecule has 6 nitrogen and oxygen atoms in total. The zero-order valence-corrected chi connectivity index (χ0v) is 11.8. The predicted octanol–water partition coefficient (Wildman–Crippen LogP) is 1.31. The number of rotatable bonds is 6. The molecular weight excluding hydrogens is 256 g/mol. The van der Waals surface area contributed by atoms with Gasteiger partial charge in [0.25, 0.3) is 0 Å². The molecule has 2 amide bonds. The van der Waals surface area contributed by atoms with Gasteiger partial charge in [-0.2, -0.15) is 0 Å². The standard InChI is InChI=1S/C14H22N4O2/c1-20-9-8-18-7-3-5-13(18)11-16-14(19)17-12-4-2-6-15-10-12/h2,4,6,10,13H,3,5,7-9,11H2,1H3,(H2,16,17,19)/t13-/m0/s1. The van der Waals surface area contributed by atoms with Gasteiger partial charge in [0.2, 0.25) is 0 Å². The van der Waals surface area contributed by atoms with E-state index in [0.717, 1.165) is 26.1 Å². The maximum atomic E-state index is 11.8. The summed E-state index contributed by atoms with van der Waals surface area (Å²) in [5.74, 6) is 0. The lowest BCUT2D eigenvalue weighted by molar-refractivity contribution is 0.140. The van der Waals surface area contributed by atoms with Crippen LogP contribution >= 0.6 is 0 Å². The number of anilines is 1. The summed E-state index contributed by atoms with van der Waals surface area (Å²) in [6.07, 6.45) is 5.60. The maximum absolute atomic E-state index is 11.8. The van der Waals surface area contributed by atoms with Crippen molar-refractivity contribution < 1.29 is 9.53 Å². The Kier molecular flexibility index (Phi) is 5.76. The molecule has 0 aromatic carbocycles. The van der Waals surface area contributed by atoms with E-state index in [-0.39, 0.29) is 6.03 Å². The van der Waals surface area contributed by atoms with Crippen molar-refractivity contribution >= 4 is 11.7 Å². The number of hydrogen-bond acceptors (Lipinski definition) is 4. The van der Waals surface area contributed by atoms with Crippen LogP contribution in [0.3, 0.4) is 0 Å². The van der Waals surface area contributed by atoms with Crippen molar-refractivity contribution in [1.29, 1.82) is 0 Å². The Balaban J connectivity index is 1.72. The zero-order valence-electron chi connectivity index (χ0n) is 11.8. The lowest BCUT2D eigenvalue weighted by Gasteiger charge is -2.24. The highest BCUT2D eigenvalue weighted by Gasteiger charge is 2.24. The highest BCUT2D eigenvalue weighted by molar-refractivity contribution is 5.88. The normalized spacial score (nSPS) is 18.9. The van der Waals surface area contributed by atoms with Crippen LogP contribution < -0.4 is 10.6 Å². The number of pyridine rings is 1. The van der Waals surface area contributed by atoms with Crippen molar-refractivity contribution in [3.8, 4) is 0 Å². The van der Waals surface area contributed by atoms with Gasteiger partial charge in [0.05, 0.1) is 18.5 Å². The summed E-state index contributed by atoms with van der Waals surface area (Å²) < 4.78 is 5.11. The van der Waals surface area contributed by atoms with Crippen LogP contribution in [0, 0.1) is 0 Å². The maximum Gasteiger partial charge on any atom is 0.319 e. The van der Waals surface area contributed by atoms with Crippen molar-refractivity contribution in [2.24, 2.45) is 0 Å². The third kappa shape index (κ3) is 4.47. The van der Waals surface area contributed by atoms with Crippen molar-refractivity contribution in [1.82, 2.24) is 15.2 Å². The van der Waals surface area contributed by atoms with Crippen molar-refractivity contribution in [3.05, 3.63) is 24.5 Å². The lowest BCUT2D eigenvalue weighted by Crippen LogP contribution is -2.42. The number of aromatic nitrogens is 1. The minimum absolute atomic E-state index is 0.184. The number of nitrogens with zero attached hydrogens (tertiary/aromatic N) is 2. The van der Waals surface area contributed by atoms with Gasteiger partial charge in [0.15, 0.2) is 0 Å². The monoisotopic (exact) mass is 278 g/mol. The molecule has 2 heterocycles. The molecule has 0 spiro atoms. The summed E-state index contributed by atoms with van der Waals surface area (Å²) >= 11 is 0. The third-order valence-corrected chi connectivity index (χ3v) is 3.50. The smallest absolute Gasteiger partial charge is 0.319 e. The molecule has 0 unspecified atom stereocenters. The molecule has 1 atom stereocenters. The van der Waals surface area contributed by atoms with Crippen molar-refractivity contribution in [3.63, 3.8) is 0 Å². The molecule has 0 aliphatic carbocycles. The number of ether oxygens (including phenoxy) is 1. The van der Waals surface area contributed by atoms with Crippen molar-refractivity contribution in [2.45, 2.75) is 18.9 Å². The molecule has 0 bridgehead atoms. The second kappa shape index (κ2) is 7.81. The Bertz CT molecular complexity index is 413. The number of nitrogens with one attached hydrogen (secondary N) is 2. The van der Waals surface area contributed by atoms with Gasteiger partial charge >= 0.3 is 6.03 Å². The van der Waals surface area contributed by atoms with E-state index in [4.69, 9.17) is 4.74 Å². The van der Waals surface area contributed by atoms with Crippen LogP contribution in [0.15, 0.2) is 24.5 Å². The molecule has 2 N–H and O–H groups in total. The van der Waals surface area contributed by atoms with Crippen LogP contribution in [0.5, 0.6) is 0 Å². The van der Waals surface area contributed by atoms with Gasteiger partial charge in [0, 0.05) is 32.4 Å².